The molecular weight excluding hydrogens is 749 g/mol. The van der Waals surface area contributed by atoms with E-state index >= 15 is 0 Å². The number of fused-ring (bicyclic) bond motifs is 8. The van der Waals surface area contributed by atoms with Gasteiger partial charge in [0.05, 0.1) is 38.3 Å². The number of hydrogen-bond acceptors (Lipinski definition) is 4. The zero-order valence-corrected chi connectivity index (χ0v) is 33.4. The third kappa shape index (κ3) is 5.70. The van der Waals surface area contributed by atoms with Crippen molar-refractivity contribution in [1.29, 1.82) is 0 Å². The summed E-state index contributed by atoms with van der Waals surface area (Å²) in [6.07, 6.45) is 8.77. The molecular formula is C55H36N4S. The minimum Gasteiger partial charge on any atom is -0.309 e. The summed E-state index contributed by atoms with van der Waals surface area (Å²) in [6.45, 7) is 0. The summed E-state index contributed by atoms with van der Waals surface area (Å²) in [6, 6.07) is 62.8. The Morgan fingerprint density at radius 3 is 1.90 bits per heavy atom. The van der Waals surface area contributed by atoms with Crippen LogP contribution in [-0.4, -0.2) is 19.5 Å². The number of nitrogens with zero attached hydrogens (tertiary/aromatic N) is 4. The molecule has 1 aliphatic rings. The highest BCUT2D eigenvalue weighted by Gasteiger charge is 2.20. The van der Waals surface area contributed by atoms with Gasteiger partial charge in [0.1, 0.15) is 0 Å². The second-order valence-electron chi connectivity index (χ2n) is 15.4. The van der Waals surface area contributed by atoms with Crippen molar-refractivity contribution in [1.82, 2.24) is 19.5 Å². The van der Waals surface area contributed by atoms with Crippen molar-refractivity contribution in [3.63, 3.8) is 0 Å². The first-order valence-electron chi connectivity index (χ1n) is 20.5. The van der Waals surface area contributed by atoms with Crippen LogP contribution < -0.4 is 0 Å². The average molecular weight is 785 g/mol. The average Bonchev–Trinajstić information content (AvgIpc) is 3.88. The van der Waals surface area contributed by atoms with Crippen molar-refractivity contribution in [2.24, 2.45) is 0 Å². The van der Waals surface area contributed by atoms with E-state index in [0.29, 0.717) is 5.82 Å². The molecule has 5 heteroatoms. The highest BCUT2D eigenvalue weighted by Crippen LogP contribution is 2.45. The lowest BCUT2D eigenvalue weighted by Crippen LogP contribution is -1.99. The van der Waals surface area contributed by atoms with Crippen molar-refractivity contribution in [3.8, 4) is 50.7 Å². The fourth-order valence-corrected chi connectivity index (χ4v) is 10.2. The van der Waals surface area contributed by atoms with Crippen molar-refractivity contribution >= 4 is 69.8 Å². The molecule has 0 N–H and O–H groups in total. The Kier molecular flexibility index (Phi) is 8.13. The quantitative estimate of drug-likeness (QED) is 0.169. The van der Waals surface area contributed by atoms with Crippen LogP contribution in [0.2, 0.25) is 0 Å². The number of hydrogen-bond donors (Lipinski definition) is 0. The second-order valence-corrected chi connectivity index (χ2v) is 16.5. The maximum absolute atomic E-state index is 5.34. The van der Waals surface area contributed by atoms with Gasteiger partial charge in [0.25, 0.3) is 0 Å². The van der Waals surface area contributed by atoms with Crippen LogP contribution in [0.1, 0.15) is 18.5 Å². The molecule has 0 atom stereocenters. The molecule has 282 valence electrons. The number of aromatic nitrogens is 4. The third-order valence-electron chi connectivity index (χ3n) is 11.9. The van der Waals surface area contributed by atoms with Gasteiger partial charge in [0.2, 0.25) is 0 Å². The zero-order valence-electron chi connectivity index (χ0n) is 32.6. The first-order chi connectivity index (χ1) is 29.7. The SMILES string of the molecule is C1=CC(c2cc(-c3ccc(-n4c5ccccc5c5ccccc54)cc3)nc(-c3ccc(-c4cccc5nc(-c6ccccc6)c6sc7ccccc7c6c45)cc3)n2)=CCC1. The van der Waals surface area contributed by atoms with Crippen molar-refractivity contribution in [2.45, 2.75) is 12.8 Å². The van der Waals surface area contributed by atoms with E-state index in [9.17, 15) is 0 Å². The molecule has 0 fully saturated rings. The minimum absolute atomic E-state index is 0.707. The second kappa shape index (κ2) is 14.1. The summed E-state index contributed by atoms with van der Waals surface area (Å²) in [7, 11) is 0. The van der Waals surface area contributed by atoms with Gasteiger partial charge in [-0.05, 0) is 72.0 Å². The number of rotatable bonds is 6. The molecule has 0 saturated carbocycles. The molecule has 7 aromatic carbocycles. The number of para-hydroxylation sites is 2. The Bertz CT molecular complexity index is 3470. The predicted molar refractivity (Wildman–Crippen MR) is 253 cm³/mol. The highest BCUT2D eigenvalue weighted by atomic mass is 32.1. The molecule has 4 aromatic heterocycles. The van der Waals surface area contributed by atoms with E-state index in [1.54, 1.807) is 0 Å². The van der Waals surface area contributed by atoms with Gasteiger partial charge in [-0.25, -0.2) is 15.0 Å². The van der Waals surface area contributed by atoms with Gasteiger partial charge in [0.15, 0.2) is 5.82 Å². The molecule has 0 radical (unpaired) electrons. The highest BCUT2D eigenvalue weighted by molar-refractivity contribution is 7.26. The Morgan fingerprint density at radius 2 is 1.15 bits per heavy atom. The first-order valence-corrected chi connectivity index (χ1v) is 21.3. The molecule has 0 amide bonds. The molecule has 1 aliphatic carbocycles. The number of pyridine rings is 1. The van der Waals surface area contributed by atoms with E-state index in [4.69, 9.17) is 15.0 Å². The topological polar surface area (TPSA) is 43.6 Å². The van der Waals surface area contributed by atoms with Gasteiger partial charge >= 0.3 is 0 Å². The fourth-order valence-electron chi connectivity index (χ4n) is 9.02. The third-order valence-corrected chi connectivity index (χ3v) is 13.0. The maximum Gasteiger partial charge on any atom is 0.160 e. The van der Waals surface area contributed by atoms with Crippen molar-refractivity contribution in [2.75, 3.05) is 0 Å². The van der Waals surface area contributed by atoms with Crippen LogP contribution in [0.5, 0.6) is 0 Å². The number of allylic oxidation sites excluding steroid dienone is 4. The zero-order chi connectivity index (χ0) is 39.6. The van der Waals surface area contributed by atoms with Crippen LogP contribution in [0.3, 0.4) is 0 Å². The van der Waals surface area contributed by atoms with Gasteiger partial charge in [-0.3, -0.25) is 0 Å². The molecule has 60 heavy (non-hydrogen) atoms. The van der Waals surface area contributed by atoms with Crippen LogP contribution in [0, 0.1) is 0 Å². The Morgan fingerprint density at radius 1 is 0.483 bits per heavy atom. The monoisotopic (exact) mass is 784 g/mol. The fraction of sp³-hybridized carbons (Fsp3) is 0.0364. The smallest absolute Gasteiger partial charge is 0.160 e. The molecule has 11 aromatic rings. The standard InChI is InChI=1S/C55H36N4S/c1-3-14-36(15-4-1)46-34-47(37-30-32-40(33-31-37)59-48-23-10-7-18-42(48)43-19-8-11-24-49(43)59)58-55(57-46)39-28-26-35(27-29-39)41-21-13-22-45-51(41)52-44-20-9-12-25-50(44)60-54(52)53(56-45)38-16-5-2-6-17-38/h2-3,5-34H,1,4H2. The Hall–Kier alpha value is -7.47. The molecule has 4 heterocycles. The van der Waals surface area contributed by atoms with Crippen molar-refractivity contribution < 1.29 is 0 Å². The van der Waals surface area contributed by atoms with Gasteiger partial charge in [-0.15, -0.1) is 11.3 Å². The van der Waals surface area contributed by atoms with Gasteiger partial charge in [0, 0.05) is 54.0 Å². The lowest BCUT2D eigenvalue weighted by atomic mass is 9.95. The van der Waals surface area contributed by atoms with E-state index in [2.05, 4.69) is 199 Å². The molecule has 0 saturated heterocycles. The van der Waals surface area contributed by atoms with Crippen LogP contribution in [-0.2, 0) is 0 Å². The van der Waals surface area contributed by atoms with Crippen LogP contribution in [0.15, 0.2) is 194 Å². The maximum atomic E-state index is 5.34. The molecule has 4 nitrogen and oxygen atoms in total. The first kappa shape index (κ1) is 34.6. The number of thiophene rings is 1. The number of benzene rings is 7. The van der Waals surface area contributed by atoms with E-state index in [-0.39, 0.29) is 0 Å². The van der Waals surface area contributed by atoms with Crippen LogP contribution in [0.25, 0.3) is 109 Å². The lowest BCUT2D eigenvalue weighted by molar-refractivity contribution is 1.03. The van der Waals surface area contributed by atoms with E-state index < -0.39 is 0 Å². The summed E-state index contributed by atoms with van der Waals surface area (Å²) < 4.78 is 4.83. The Balaban J connectivity index is 0.964. The van der Waals surface area contributed by atoms with Gasteiger partial charge in [-0.1, -0.05) is 152 Å². The summed E-state index contributed by atoms with van der Waals surface area (Å²) >= 11 is 1.82. The van der Waals surface area contributed by atoms with E-state index in [1.807, 2.05) is 11.3 Å². The van der Waals surface area contributed by atoms with E-state index in [1.165, 1.54) is 47.4 Å². The normalized spacial score (nSPS) is 12.9. The molecule has 0 spiro atoms. The van der Waals surface area contributed by atoms with Crippen LogP contribution in [0.4, 0.5) is 0 Å². The largest absolute Gasteiger partial charge is 0.309 e. The Labute approximate surface area is 351 Å². The van der Waals surface area contributed by atoms with Crippen LogP contribution >= 0.6 is 11.3 Å². The lowest BCUT2D eigenvalue weighted by Gasteiger charge is -2.14. The molecule has 0 bridgehead atoms. The summed E-state index contributed by atoms with van der Waals surface area (Å²) in [4.78, 5) is 15.8. The molecule has 12 rings (SSSR count). The molecule has 0 unspecified atom stereocenters. The summed E-state index contributed by atoms with van der Waals surface area (Å²) in [5.41, 5.74) is 13.9. The van der Waals surface area contributed by atoms with Crippen molar-refractivity contribution in [3.05, 3.63) is 200 Å². The van der Waals surface area contributed by atoms with E-state index in [0.717, 1.165) is 74.5 Å². The summed E-state index contributed by atoms with van der Waals surface area (Å²) in [5, 5.41) is 6.21. The summed E-state index contributed by atoms with van der Waals surface area (Å²) in [5.74, 6) is 0.707. The minimum atomic E-state index is 0.707. The molecule has 0 aliphatic heterocycles. The predicted octanol–water partition coefficient (Wildman–Crippen LogP) is 14.9. The van der Waals surface area contributed by atoms with Gasteiger partial charge in [-0.2, -0.15) is 0 Å². The van der Waals surface area contributed by atoms with Gasteiger partial charge < -0.3 is 4.57 Å².